The molecule has 128 valence electrons. The van der Waals surface area contributed by atoms with E-state index >= 15 is 0 Å². The van der Waals surface area contributed by atoms with Gasteiger partial charge in [-0.1, -0.05) is 30.6 Å². The fourth-order valence-corrected chi connectivity index (χ4v) is 7.00. The van der Waals surface area contributed by atoms with Gasteiger partial charge in [-0.15, -0.1) is 6.42 Å². The summed E-state index contributed by atoms with van der Waals surface area (Å²) in [5, 5.41) is 11.2. The van der Waals surface area contributed by atoms with E-state index in [2.05, 4.69) is 19.4 Å². The second kappa shape index (κ2) is 5.33. The van der Waals surface area contributed by atoms with Crippen molar-refractivity contribution in [2.75, 3.05) is 0 Å². The van der Waals surface area contributed by atoms with Crippen LogP contribution in [-0.2, 0) is 4.79 Å². The molecule has 0 heterocycles. The van der Waals surface area contributed by atoms with Crippen molar-refractivity contribution < 1.29 is 9.90 Å². The first-order valence-corrected chi connectivity index (χ1v) is 9.58. The van der Waals surface area contributed by atoms with Crippen molar-refractivity contribution in [3.05, 3.63) is 23.8 Å². The summed E-state index contributed by atoms with van der Waals surface area (Å²) in [6, 6.07) is 0. The molecule has 0 aromatic rings. The molecule has 0 aromatic heterocycles. The Morgan fingerprint density at radius 1 is 1.33 bits per heavy atom. The first kappa shape index (κ1) is 16.2. The molecule has 4 rings (SSSR count). The number of fused-ring (bicyclic) bond motifs is 5. The Kier molecular flexibility index (Phi) is 3.59. The van der Waals surface area contributed by atoms with Crippen LogP contribution in [0.5, 0.6) is 0 Å². The molecule has 0 radical (unpaired) electrons. The maximum absolute atomic E-state index is 11.8. The van der Waals surface area contributed by atoms with Gasteiger partial charge >= 0.3 is 0 Å². The molecule has 4 aliphatic rings. The Hall–Kier alpha value is -1.33. The molecule has 2 nitrogen and oxygen atoms in total. The van der Waals surface area contributed by atoms with Crippen LogP contribution in [0.4, 0.5) is 0 Å². The second-order valence-electron chi connectivity index (χ2n) is 8.48. The summed E-state index contributed by atoms with van der Waals surface area (Å²) in [6.45, 7) is 6.61. The van der Waals surface area contributed by atoms with Gasteiger partial charge in [-0.25, -0.2) is 0 Å². The number of terminal acetylenes is 1. The normalized spacial score (nSPS) is 47.3. The maximum Gasteiger partial charge on any atom is 0.155 e. The van der Waals surface area contributed by atoms with Gasteiger partial charge in [-0.2, -0.15) is 0 Å². The SMILES string of the molecule is C#C[C@]1(O)CC[C@H]2[C@@H]3CCC4=CC(=O)CCC4[C@H]3CC(=C)C21CC. The van der Waals surface area contributed by atoms with E-state index in [0.717, 1.165) is 38.5 Å². The van der Waals surface area contributed by atoms with Crippen molar-refractivity contribution in [3.8, 4) is 12.3 Å². The summed E-state index contributed by atoms with van der Waals surface area (Å²) < 4.78 is 0. The van der Waals surface area contributed by atoms with Gasteiger partial charge in [0.2, 0.25) is 0 Å². The van der Waals surface area contributed by atoms with Crippen LogP contribution < -0.4 is 0 Å². The third-order valence-corrected chi connectivity index (χ3v) is 7.97. The Bertz CT molecular complexity index is 666. The van der Waals surface area contributed by atoms with Crippen LogP contribution in [-0.4, -0.2) is 16.5 Å². The molecule has 2 heteroatoms. The van der Waals surface area contributed by atoms with Crippen molar-refractivity contribution in [2.45, 2.75) is 63.9 Å². The molecular formula is C22H28O2. The van der Waals surface area contributed by atoms with Gasteiger partial charge in [0.1, 0.15) is 5.60 Å². The highest BCUT2D eigenvalue weighted by Gasteiger charge is 2.64. The minimum Gasteiger partial charge on any atom is -0.377 e. The lowest BCUT2D eigenvalue weighted by Gasteiger charge is -2.57. The van der Waals surface area contributed by atoms with Gasteiger partial charge in [0, 0.05) is 11.8 Å². The van der Waals surface area contributed by atoms with Crippen LogP contribution in [0.25, 0.3) is 0 Å². The zero-order valence-electron chi connectivity index (χ0n) is 14.7. The van der Waals surface area contributed by atoms with E-state index in [0.29, 0.717) is 42.3 Å². The monoisotopic (exact) mass is 324 g/mol. The number of hydrogen-bond donors (Lipinski definition) is 1. The molecular weight excluding hydrogens is 296 g/mol. The van der Waals surface area contributed by atoms with Gasteiger partial charge < -0.3 is 5.11 Å². The number of carbonyl (C=O) groups is 1. The molecule has 3 fully saturated rings. The van der Waals surface area contributed by atoms with Crippen LogP contribution in [0.15, 0.2) is 23.8 Å². The number of carbonyl (C=O) groups excluding carboxylic acids is 1. The first-order chi connectivity index (χ1) is 11.5. The van der Waals surface area contributed by atoms with Crippen LogP contribution >= 0.6 is 0 Å². The zero-order chi connectivity index (χ0) is 17.1. The average molecular weight is 324 g/mol. The summed E-state index contributed by atoms with van der Waals surface area (Å²) in [6.07, 6.45) is 15.2. The molecule has 0 aliphatic heterocycles. The minimum absolute atomic E-state index is 0.297. The summed E-state index contributed by atoms with van der Waals surface area (Å²) >= 11 is 0. The van der Waals surface area contributed by atoms with E-state index in [1.54, 1.807) is 0 Å². The Balaban J connectivity index is 1.74. The molecule has 3 saturated carbocycles. The zero-order valence-corrected chi connectivity index (χ0v) is 14.7. The van der Waals surface area contributed by atoms with Crippen molar-refractivity contribution in [2.24, 2.45) is 29.1 Å². The quantitative estimate of drug-likeness (QED) is 0.583. The number of ketones is 1. The molecule has 0 saturated heterocycles. The van der Waals surface area contributed by atoms with Gasteiger partial charge in [0.25, 0.3) is 0 Å². The van der Waals surface area contributed by atoms with Crippen molar-refractivity contribution in [1.82, 2.24) is 0 Å². The van der Waals surface area contributed by atoms with Gasteiger partial charge in [0.05, 0.1) is 0 Å². The van der Waals surface area contributed by atoms with Crippen LogP contribution in [0, 0.1) is 41.4 Å². The number of rotatable bonds is 1. The highest BCUT2D eigenvalue weighted by atomic mass is 16.3. The predicted molar refractivity (Wildman–Crippen MR) is 95.0 cm³/mol. The van der Waals surface area contributed by atoms with Crippen LogP contribution in [0.3, 0.4) is 0 Å². The topological polar surface area (TPSA) is 37.3 Å². The number of allylic oxidation sites excluding steroid dienone is 1. The molecule has 0 bridgehead atoms. The molecule has 0 aromatic carbocycles. The standard InChI is InChI=1S/C22H28O2/c1-4-21(24)11-10-20-18-8-6-15-13-16(23)7-9-17(15)19(18)12-14(3)22(20,21)5-2/h1,13,17-20,24H,3,5-12H2,2H3/t17?,18-,19-,20+,21+,22?/m1/s1. The number of aliphatic hydroxyl groups is 1. The van der Waals surface area contributed by atoms with E-state index < -0.39 is 5.60 Å². The first-order valence-electron chi connectivity index (χ1n) is 9.58. The highest BCUT2D eigenvalue weighted by Crippen LogP contribution is 2.67. The van der Waals surface area contributed by atoms with Gasteiger partial charge in [-0.3, -0.25) is 4.79 Å². The van der Waals surface area contributed by atoms with Gasteiger partial charge in [-0.05, 0) is 74.7 Å². The maximum atomic E-state index is 11.8. The van der Waals surface area contributed by atoms with E-state index in [4.69, 9.17) is 6.42 Å². The Morgan fingerprint density at radius 2 is 2.12 bits per heavy atom. The van der Waals surface area contributed by atoms with Crippen molar-refractivity contribution in [3.63, 3.8) is 0 Å². The fourth-order valence-electron chi connectivity index (χ4n) is 7.00. The lowest BCUT2D eigenvalue weighted by molar-refractivity contribution is -0.116. The minimum atomic E-state index is -1.02. The number of hydrogen-bond acceptors (Lipinski definition) is 2. The van der Waals surface area contributed by atoms with E-state index in [-0.39, 0.29) is 5.41 Å². The van der Waals surface area contributed by atoms with Gasteiger partial charge in [0.15, 0.2) is 5.78 Å². The van der Waals surface area contributed by atoms with E-state index in [1.165, 1.54) is 11.1 Å². The third-order valence-electron chi connectivity index (χ3n) is 7.97. The predicted octanol–water partition coefficient (Wildman–Crippen LogP) is 4.05. The van der Waals surface area contributed by atoms with E-state index in [9.17, 15) is 9.90 Å². The third kappa shape index (κ3) is 1.85. The van der Waals surface area contributed by atoms with Crippen LogP contribution in [0.2, 0.25) is 0 Å². The second-order valence-corrected chi connectivity index (χ2v) is 8.48. The molecule has 0 spiro atoms. The molecule has 24 heavy (non-hydrogen) atoms. The van der Waals surface area contributed by atoms with E-state index in [1.807, 2.05) is 6.08 Å². The Labute approximate surface area is 145 Å². The fraction of sp³-hybridized carbons (Fsp3) is 0.682. The summed E-state index contributed by atoms with van der Waals surface area (Å²) in [7, 11) is 0. The Morgan fingerprint density at radius 3 is 2.83 bits per heavy atom. The summed E-state index contributed by atoms with van der Waals surface area (Å²) in [5.41, 5.74) is 1.24. The molecule has 0 amide bonds. The smallest absolute Gasteiger partial charge is 0.155 e. The molecule has 4 aliphatic carbocycles. The van der Waals surface area contributed by atoms with Crippen molar-refractivity contribution in [1.29, 1.82) is 0 Å². The molecule has 1 N–H and O–H groups in total. The lowest BCUT2D eigenvalue weighted by Crippen LogP contribution is -2.54. The average Bonchev–Trinajstić information content (AvgIpc) is 2.89. The largest absolute Gasteiger partial charge is 0.377 e. The molecule has 6 atom stereocenters. The summed E-state index contributed by atoms with van der Waals surface area (Å²) in [5.74, 6) is 5.28. The summed E-state index contributed by atoms with van der Waals surface area (Å²) in [4.78, 5) is 11.8. The van der Waals surface area contributed by atoms with Crippen molar-refractivity contribution >= 4 is 5.78 Å². The molecule has 2 unspecified atom stereocenters. The highest BCUT2D eigenvalue weighted by molar-refractivity contribution is 5.91. The van der Waals surface area contributed by atoms with Crippen LogP contribution in [0.1, 0.15) is 58.3 Å². The lowest BCUT2D eigenvalue weighted by atomic mass is 9.48.